The first-order chi connectivity index (χ1) is 9.20. The molecule has 0 aliphatic carbocycles. The lowest BCUT2D eigenvalue weighted by Crippen LogP contribution is -2.15. The zero-order valence-corrected chi connectivity index (χ0v) is 12.8. The van der Waals surface area contributed by atoms with Crippen molar-refractivity contribution in [1.82, 2.24) is 0 Å². The number of hydrogen-bond donors (Lipinski definition) is 1. The van der Waals surface area contributed by atoms with Crippen LogP contribution in [-0.2, 0) is 4.74 Å². The van der Waals surface area contributed by atoms with E-state index in [1.807, 2.05) is 6.92 Å². The molecular formula is C16H32O3. The van der Waals surface area contributed by atoms with Crippen molar-refractivity contribution in [2.45, 2.75) is 97.0 Å². The van der Waals surface area contributed by atoms with Crippen LogP contribution in [0.4, 0.5) is 4.79 Å². The van der Waals surface area contributed by atoms with E-state index in [1.54, 1.807) is 0 Å². The van der Waals surface area contributed by atoms with Crippen molar-refractivity contribution in [2.75, 3.05) is 0 Å². The molecule has 114 valence electrons. The third-order valence-corrected chi connectivity index (χ3v) is 3.60. The van der Waals surface area contributed by atoms with Crippen LogP contribution in [0.3, 0.4) is 0 Å². The Morgan fingerprint density at radius 3 is 1.79 bits per heavy atom. The van der Waals surface area contributed by atoms with Crippen molar-refractivity contribution in [3.63, 3.8) is 0 Å². The van der Waals surface area contributed by atoms with Crippen molar-refractivity contribution in [2.24, 2.45) is 0 Å². The van der Waals surface area contributed by atoms with Gasteiger partial charge in [-0.3, -0.25) is 0 Å². The summed E-state index contributed by atoms with van der Waals surface area (Å²) in [6.45, 7) is 4.22. The Balaban J connectivity index is 3.23. The molecule has 0 spiro atoms. The van der Waals surface area contributed by atoms with Gasteiger partial charge in [-0.05, 0) is 19.3 Å². The van der Waals surface area contributed by atoms with E-state index in [-0.39, 0.29) is 6.10 Å². The maximum atomic E-state index is 10.4. The second kappa shape index (κ2) is 13.7. The quantitative estimate of drug-likeness (QED) is 0.342. The van der Waals surface area contributed by atoms with Gasteiger partial charge in [-0.2, -0.15) is 0 Å². The molecule has 1 unspecified atom stereocenters. The minimum absolute atomic E-state index is 0.105. The maximum Gasteiger partial charge on any atom is 0.506 e. The van der Waals surface area contributed by atoms with E-state index in [0.29, 0.717) is 0 Å². The number of ether oxygens (including phenoxy) is 1. The van der Waals surface area contributed by atoms with Crippen LogP contribution in [0.1, 0.15) is 90.9 Å². The van der Waals surface area contributed by atoms with Crippen molar-refractivity contribution in [3.05, 3.63) is 0 Å². The van der Waals surface area contributed by atoms with Gasteiger partial charge in [0.05, 0.1) is 0 Å². The second-order valence-electron chi connectivity index (χ2n) is 5.38. The maximum absolute atomic E-state index is 10.4. The predicted molar refractivity (Wildman–Crippen MR) is 79.6 cm³/mol. The molecule has 0 heterocycles. The molecule has 0 radical (unpaired) electrons. The van der Waals surface area contributed by atoms with Gasteiger partial charge in [0.1, 0.15) is 6.10 Å². The molecule has 0 saturated carbocycles. The first-order valence-corrected chi connectivity index (χ1v) is 8.10. The van der Waals surface area contributed by atoms with E-state index in [2.05, 4.69) is 6.92 Å². The van der Waals surface area contributed by atoms with Gasteiger partial charge in [-0.25, -0.2) is 4.79 Å². The largest absolute Gasteiger partial charge is 0.506 e. The smallest absolute Gasteiger partial charge is 0.450 e. The van der Waals surface area contributed by atoms with E-state index in [0.717, 1.165) is 19.3 Å². The molecule has 1 N–H and O–H groups in total. The number of hydrogen-bond acceptors (Lipinski definition) is 2. The lowest BCUT2D eigenvalue weighted by Gasteiger charge is -2.13. The highest BCUT2D eigenvalue weighted by atomic mass is 16.7. The Hall–Kier alpha value is -0.730. The zero-order chi connectivity index (χ0) is 14.3. The van der Waals surface area contributed by atoms with Crippen LogP contribution in [-0.4, -0.2) is 17.4 Å². The van der Waals surface area contributed by atoms with E-state index in [4.69, 9.17) is 9.84 Å². The van der Waals surface area contributed by atoms with E-state index >= 15 is 0 Å². The lowest BCUT2D eigenvalue weighted by molar-refractivity contribution is 0.0454. The molecule has 1 atom stereocenters. The summed E-state index contributed by atoms with van der Waals surface area (Å²) in [7, 11) is 0. The fourth-order valence-electron chi connectivity index (χ4n) is 2.35. The molecular weight excluding hydrogens is 240 g/mol. The van der Waals surface area contributed by atoms with Gasteiger partial charge in [-0.15, -0.1) is 0 Å². The molecule has 0 aliphatic heterocycles. The molecule has 0 aliphatic rings. The summed E-state index contributed by atoms with van der Waals surface area (Å²) in [5.74, 6) is 0. The highest BCUT2D eigenvalue weighted by Crippen LogP contribution is 2.14. The highest BCUT2D eigenvalue weighted by molar-refractivity contribution is 5.57. The van der Waals surface area contributed by atoms with Crippen molar-refractivity contribution < 1.29 is 14.6 Å². The van der Waals surface area contributed by atoms with E-state index < -0.39 is 6.16 Å². The van der Waals surface area contributed by atoms with Crippen molar-refractivity contribution >= 4 is 6.16 Å². The van der Waals surface area contributed by atoms with Crippen molar-refractivity contribution in [3.8, 4) is 0 Å². The molecule has 3 heteroatoms. The highest BCUT2D eigenvalue weighted by Gasteiger charge is 2.10. The Morgan fingerprint density at radius 1 is 0.895 bits per heavy atom. The molecule has 3 nitrogen and oxygen atoms in total. The fraction of sp³-hybridized carbons (Fsp3) is 0.938. The summed E-state index contributed by atoms with van der Waals surface area (Å²) in [6.07, 6.45) is 13.5. The minimum atomic E-state index is -1.14. The summed E-state index contributed by atoms with van der Waals surface area (Å²) in [5.41, 5.74) is 0. The fourth-order valence-corrected chi connectivity index (χ4v) is 2.35. The van der Waals surface area contributed by atoms with Crippen LogP contribution in [0.25, 0.3) is 0 Å². The Morgan fingerprint density at radius 2 is 1.37 bits per heavy atom. The normalized spacial score (nSPS) is 12.3. The molecule has 0 saturated heterocycles. The topological polar surface area (TPSA) is 46.5 Å². The SMILES string of the molecule is CCCCCCCCCCCCC(CC)OC(=O)O. The summed E-state index contributed by atoms with van der Waals surface area (Å²) in [4.78, 5) is 10.4. The lowest BCUT2D eigenvalue weighted by atomic mass is 10.0. The van der Waals surface area contributed by atoms with Crippen LogP contribution >= 0.6 is 0 Å². The number of carboxylic acid groups (broad SMARTS) is 1. The summed E-state index contributed by atoms with van der Waals surface area (Å²) < 4.78 is 4.80. The number of carbonyl (C=O) groups is 1. The standard InChI is InChI=1S/C16H32O3/c1-3-5-6-7-8-9-10-11-12-13-14-15(4-2)19-16(17)18/h15H,3-14H2,1-2H3,(H,17,18). The zero-order valence-electron chi connectivity index (χ0n) is 12.8. The van der Waals surface area contributed by atoms with Crippen LogP contribution in [0.2, 0.25) is 0 Å². The first-order valence-electron chi connectivity index (χ1n) is 8.10. The molecule has 0 fully saturated rings. The Labute approximate surface area is 118 Å². The Kier molecular flexibility index (Phi) is 13.2. The van der Waals surface area contributed by atoms with Crippen molar-refractivity contribution in [1.29, 1.82) is 0 Å². The van der Waals surface area contributed by atoms with Crippen LogP contribution in [0.5, 0.6) is 0 Å². The number of unbranched alkanes of at least 4 members (excludes halogenated alkanes) is 9. The first kappa shape index (κ1) is 18.3. The van der Waals surface area contributed by atoms with Gasteiger partial charge in [0.2, 0.25) is 0 Å². The average molecular weight is 272 g/mol. The summed E-state index contributed by atoms with van der Waals surface area (Å²) >= 11 is 0. The van der Waals surface area contributed by atoms with Crippen LogP contribution in [0.15, 0.2) is 0 Å². The van der Waals surface area contributed by atoms with E-state index in [9.17, 15) is 4.79 Å². The average Bonchev–Trinajstić information content (AvgIpc) is 2.39. The predicted octanol–water partition coefficient (Wildman–Crippen LogP) is 5.77. The monoisotopic (exact) mass is 272 g/mol. The molecule has 0 aromatic heterocycles. The molecule has 19 heavy (non-hydrogen) atoms. The summed E-state index contributed by atoms with van der Waals surface area (Å²) in [6, 6.07) is 0. The molecule has 0 aromatic carbocycles. The van der Waals surface area contributed by atoms with Gasteiger partial charge in [0, 0.05) is 0 Å². The van der Waals surface area contributed by atoms with Gasteiger partial charge in [0.15, 0.2) is 0 Å². The van der Waals surface area contributed by atoms with E-state index in [1.165, 1.54) is 57.8 Å². The Bertz CT molecular complexity index is 204. The summed E-state index contributed by atoms with van der Waals surface area (Å²) in [5, 5.41) is 8.55. The number of rotatable bonds is 13. The van der Waals surface area contributed by atoms with Crippen LogP contribution in [0, 0.1) is 0 Å². The molecule has 0 amide bonds. The van der Waals surface area contributed by atoms with Gasteiger partial charge in [-0.1, -0.05) is 71.6 Å². The third-order valence-electron chi connectivity index (χ3n) is 3.60. The molecule has 0 rings (SSSR count). The van der Waals surface area contributed by atoms with Gasteiger partial charge in [0.25, 0.3) is 0 Å². The third kappa shape index (κ3) is 13.5. The minimum Gasteiger partial charge on any atom is -0.450 e. The van der Waals surface area contributed by atoms with Gasteiger partial charge >= 0.3 is 6.16 Å². The molecule has 0 aromatic rings. The van der Waals surface area contributed by atoms with Gasteiger partial charge < -0.3 is 9.84 Å². The molecule has 0 bridgehead atoms. The second-order valence-corrected chi connectivity index (χ2v) is 5.38. The van der Waals surface area contributed by atoms with Crippen LogP contribution < -0.4 is 0 Å².